The minimum absolute atomic E-state index is 0. The van der Waals surface area contributed by atoms with Gasteiger partial charge in [-0.15, -0.1) is 0 Å². The Hall–Kier alpha value is -5.84. The third-order valence-corrected chi connectivity index (χ3v) is 7.63. The van der Waals surface area contributed by atoms with E-state index in [1.54, 1.807) is 48.8 Å². The van der Waals surface area contributed by atoms with Gasteiger partial charge in [0.25, 0.3) is 0 Å². The number of carboxylic acid groups (broad SMARTS) is 2. The average molecular weight is 756 g/mol. The van der Waals surface area contributed by atoms with Crippen molar-refractivity contribution in [1.82, 2.24) is 9.97 Å². The molecule has 0 amide bonds. The summed E-state index contributed by atoms with van der Waals surface area (Å²) in [5.74, 6) is -2.35. The van der Waals surface area contributed by atoms with Crippen molar-refractivity contribution >= 4 is 34.7 Å². The van der Waals surface area contributed by atoms with Crippen molar-refractivity contribution < 1.29 is 47.1 Å². The van der Waals surface area contributed by atoms with Crippen LogP contribution in [-0.4, -0.2) is 46.3 Å². The van der Waals surface area contributed by atoms with Crippen LogP contribution in [0.5, 0.6) is 0 Å². The van der Waals surface area contributed by atoms with E-state index in [4.69, 9.17) is 10.2 Å². The van der Waals surface area contributed by atoms with Crippen LogP contribution in [0.25, 0.3) is 11.4 Å². The summed E-state index contributed by atoms with van der Waals surface area (Å²) in [5, 5.41) is 42.3. The van der Waals surface area contributed by atoms with Crippen LogP contribution in [0.2, 0.25) is 0 Å². The summed E-state index contributed by atoms with van der Waals surface area (Å²) < 4.78 is 0. The number of pyridine rings is 2. The Morgan fingerprint density at radius 3 is 1.11 bits per heavy atom. The maximum Gasteiger partial charge on any atom is 2.00 e. The van der Waals surface area contributed by atoms with Crippen LogP contribution in [0, 0.1) is 27.7 Å². The predicted molar refractivity (Wildman–Crippen MR) is 204 cm³/mol. The van der Waals surface area contributed by atoms with Crippen molar-refractivity contribution in [3.05, 3.63) is 167 Å². The molecule has 0 aliphatic rings. The van der Waals surface area contributed by atoms with Gasteiger partial charge in [0.15, 0.2) is 0 Å². The number of benzene rings is 4. The van der Waals surface area contributed by atoms with Gasteiger partial charge in [-0.3, -0.25) is 9.97 Å². The number of rotatable bonds is 7. The molecule has 11 heteroatoms. The number of carboxylic acids is 2. The molecule has 10 nitrogen and oxygen atoms in total. The molecule has 0 aliphatic carbocycles. The molecular formula is C42H44MnN4O6. The second kappa shape index (κ2) is 24.4. The number of aromatic nitrogens is 2. The quantitative estimate of drug-likeness (QED) is 0.138. The summed E-state index contributed by atoms with van der Waals surface area (Å²) >= 11 is 0. The molecule has 2 aromatic heterocycles. The SMILES string of the molecule is CO.CO.Cc1cccc(Nc2ccccc2C(=O)[O-])c1C.Cc1cccc(Nc2ccccc2C(=O)[O-])c1C.[Mn+2].c1ccc(-c2ccccn2)nc1. The number of carbonyl (C=O) groups is 2. The first-order chi connectivity index (χ1) is 25.2. The second-order valence-electron chi connectivity index (χ2n) is 10.8. The number of aromatic carboxylic acids is 2. The summed E-state index contributed by atoms with van der Waals surface area (Å²) in [7, 11) is 2.00. The van der Waals surface area contributed by atoms with E-state index in [0.717, 1.165) is 59.2 Å². The molecule has 0 saturated carbocycles. The Kier molecular flexibility index (Phi) is 20.8. The summed E-state index contributed by atoms with van der Waals surface area (Å²) in [6, 6.07) is 36.8. The van der Waals surface area contributed by atoms with Gasteiger partial charge in [-0.1, -0.05) is 72.8 Å². The number of aliphatic hydroxyl groups is 2. The van der Waals surface area contributed by atoms with Crippen molar-refractivity contribution in [3.63, 3.8) is 0 Å². The number of carbonyl (C=O) groups excluding carboxylic acids is 2. The zero-order valence-corrected chi connectivity index (χ0v) is 31.7. The molecule has 4 aromatic carbocycles. The molecule has 0 bridgehead atoms. The van der Waals surface area contributed by atoms with Crippen molar-refractivity contribution in [2.75, 3.05) is 24.9 Å². The van der Waals surface area contributed by atoms with E-state index in [0.29, 0.717) is 11.4 Å². The van der Waals surface area contributed by atoms with Gasteiger partial charge in [-0.2, -0.15) is 0 Å². The Morgan fingerprint density at radius 1 is 0.472 bits per heavy atom. The molecule has 0 spiro atoms. The fraction of sp³-hybridized carbons (Fsp3) is 0.143. The number of hydrogen-bond donors (Lipinski definition) is 4. The third kappa shape index (κ3) is 14.0. The molecule has 53 heavy (non-hydrogen) atoms. The molecule has 0 saturated heterocycles. The van der Waals surface area contributed by atoms with Crippen molar-refractivity contribution in [2.24, 2.45) is 0 Å². The van der Waals surface area contributed by atoms with Crippen LogP contribution < -0.4 is 20.8 Å². The number of nitrogens with zero attached hydrogens (tertiary/aromatic N) is 2. The molecule has 4 N–H and O–H groups in total. The summed E-state index contributed by atoms with van der Waals surface area (Å²) in [6.45, 7) is 8.04. The third-order valence-electron chi connectivity index (χ3n) is 7.63. The number of nitrogens with one attached hydrogen (secondary N) is 2. The molecule has 275 valence electrons. The Balaban J connectivity index is 0.000000382. The maximum atomic E-state index is 11.0. The summed E-state index contributed by atoms with van der Waals surface area (Å²) in [6.07, 6.45) is 3.54. The predicted octanol–water partition coefficient (Wildman–Crippen LogP) is 6.18. The molecule has 0 atom stereocenters. The smallest absolute Gasteiger partial charge is 0.545 e. The van der Waals surface area contributed by atoms with Crippen LogP contribution in [-0.2, 0) is 17.1 Å². The van der Waals surface area contributed by atoms with Gasteiger partial charge in [-0.25, -0.2) is 0 Å². The van der Waals surface area contributed by atoms with Crippen LogP contribution in [0.1, 0.15) is 43.0 Å². The van der Waals surface area contributed by atoms with Crippen LogP contribution in [0.4, 0.5) is 22.7 Å². The van der Waals surface area contributed by atoms with Crippen molar-refractivity contribution in [1.29, 1.82) is 0 Å². The normalized spacial score (nSPS) is 9.28. The van der Waals surface area contributed by atoms with E-state index in [2.05, 4.69) is 20.6 Å². The number of para-hydroxylation sites is 2. The zero-order chi connectivity index (χ0) is 38.5. The minimum atomic E-state index is -1.18. The Morgan fingerprint density at radius 2 is 0.792 bits per heavy atom. The van der Waals surface area contributed by atoms with Gasteiger partial charge in [0, 0.05) is 60.5 Å². The van der Waals surface area contributed by atoms with E-state index in [-0.39, 0.29) is 28.2 Å². The zero-order valence-electron chi connectivity index (χ0n) is 30.5. The topological polar surface area (TPSA) is 171 Å². The van der Waals surface area contributed by atoms with E-state index in [1.807, 2.05) is 100 Å². The Bertz CT molecular complexity index is 1850. The molecule has 0 fully saturated rings. The van der Waals surface area contributed by atoms with E-state index >= 15 is 0 Å². The maximum absolute atomic E-state index is 11.0. The molecule has 0 aliphatic heterocycles. The monoisotopic (exact) mass is 755 g/mol. The van der Waals surface area contributed by atoms with E-state index in [1.165, 1.54) is 12.1 Å². The molecule has 2 heterocycles. The standard InChI is InChI=1S/2C15H15NO2.C10H8N2.2CH4O.Mn/c2*1-10-6-5-9-13(11(10)2)16-14-8-4-3-7-12(14)15(17)18;1-3-7-11-9(5-1)10-6-2-4-8-12-10;2*1-2;/h2*3-9,16H,1-2H3,(H,17,18);1-8H;2*2H,1H3;/q;;;;;+2/p-2. The second-order valence-corrected chi connectivity index (χ2v) is 10.8. The number of anilines is 4. The van der Waals surface area contributed by atoms with Gasteiger partial charge < -0.3 is 40.6 Å². The van der Waals surface area contributed by atoms with Crippen LogP contribution in [0.3, 0.4) is 0 Å². The van der Waals surface area contributed by atoms with Crippen LogP contribution in [0.15, 0.2) is 134 Å². The fourth-order valence-corrected chi connectivity index (χ4v) is 4.63. The first kappa shape index (κ1) is 45.2. The molecule has 6 rings (SSSR count). The number of hydrogen-bond acceptors (Lipinski definition) is 10. The van der Waals surface area contributed by atoms with Gasteiger partial charge >= 0.3 is 17.1 Å². The van der Waals surface area contributed by atoms with Crippen LogP contribution >= 0.6 is 0 Å². The van der Waals surface area contributed by atoms with Gasteiger partial charge in [0.1, 0.15) is 0 Å². The minimum Gasteiger partial charge on any atom is -0.545 e. The summed E-state index contributed by atoms with van der Waals surface area (Å²) in [5.41, 5.74) is 9.59. The number of aryl methyl sites for hydroxylation is 2. The first-order valence-electron chi connectivity index (χ1n) is 16.1. The van der Waals surface area contributed by atoms with Gasteiger partial charge in [-0.05, 0) is 98.5 Å². The number of aliphatic hydroxyl groups excluding tert-OH is 2. The van der Waals surface area contributed by atoms with Gasteiger partial charge in [0.05, 0.1) is 23.3 Å². The van der Waals surface area contributed by atoms with E-state index < -0.39 is 11.9 Å². The molecule has 1 radical (unpaired) electrons. The molecule has 6 aromatic rings. The average Bonchev–Trinajstić information content (AvgIpc) is 3.18. The molecular weight excluding hydrogens is 711 g/mol. The molecule has 0 unspecified atom stereocenters. The first-order valence-corrected chi connectivity index (χ1v) is 16.1. The Labute approximate surface area is 321 Å². The summed E-state index contributed by atoms with van der Waals surface area (Å²) in [4.78, 5) is 30.4. The van der Waals surface area contributed by atoms with E-state index in [9.17, 15) is 19.8 Å². The van der Waals surface area contributed by atoms with Crippen molar-refractivity contribution in [2.45, 2.75) is 27.7 Å². The van der Waals surface area contributed by atoms with Crippen molar-refractivity contribution in [3.8, 4) is 11.4 Å². The van der Waals surface area contributed by atoms with Gasteiger partial charge in [0.2, 0.25) is 0 Å². The largest absolute Gasteiger partial charge is 2.00 e. The fourth-order valence-electron chi connectivity index (χ4n) is 4.63.